The fraction of sp³-hybridized carbons (Fsp3) is 0.529. The van der Waals surface area contributed by atoms with Crippen LogP contribution in [-0.4, -0.2) is 30.1 Å². The number of aliphatic carboxylic acids is 1. The van der Waals surface area contributed by atoms with Gasteiger partial charge in [0.15, 0.2) is 11.5 Å². The number of hydrogen-bond donors (Lipinski definition) is 1. The average molecular weight is 308 g/mol. The summed E-state index contributed by atoms with van der Waals surface area (Å²) in [5.74, 6) is -1.08. The minimum Gasteiger partial charge on any atom is -0.490 e. The first-order valence-corrected chi connectivity index (χ1v) is 7.73. The molecule has 1 N–H and O–H groups in total. The average Bonchev–Trinajstić information content (AvgIpc) is 2.49. The van der Waals surface area contributed by atoms with Crippen molar-refractivity contribution in [2.45, 2.75) is 46.0 Å². The van der Waals surface area contributed by atoms with Gasteiger partial charge in [0.2, 0.25) is 5.78 Å². The summed E-state index contributed by atoms with van der Waals surface area (Å²) >= 11 is 0. The van der Waals surface area contributed by atoms with Gasteiger partial charge >= 0.3 is 5.97 Å². The maximum absolute atomic E-state index is 11.3. The Bertz CT molecular complexity index is 496. The number of Topliss-reactive ketones (excluding diaryl/α,β-unsaturated/α-hetero) is 1. The van der Waals surface area contributed by atoms with Gasteiger partial charge < -0.3 is 14.6 Å². The third kappa shape index (κ3) is 6.16. The maximum atomic E-state index is 11.3. The lowest BCUT2D eigenvalue weighted by Crippen LogP contribution is -2.15. The Morgan fingerprint density at radius 2 is 1.82 bits per heavy atom. The predicted octanol–water partition coefficient (Wildman–Crippen LogP) is 3.24. The smallest absolute Gasteiger partial charge is 0.372 e. The van der Waals surface area contributed by atoms with Crippen molar-refractivity contribution in [3.05, 3.63) is 23.8 Å². The molecule has 122 valence electrons. The van der Waals surface area contributed by atoms with Gasteiger partial charge in [-0.3, -0.25) is 4.79 Å². The molecule has 5 nitrogen and oxygen atoms in total. The van der Waals surface area contributed by atoms with E-state index in [1.54, 1.807) is 18.2 Å². The molecule has 0 atom stereocenters. The first-order chi connectivity index (χ1) is 10.6. The second-order valence-corrected chi connectivity index (χ2v) is 5.03. The van der Waals surface area contributed by atoms with Crippen molar-refractivity contribution >= 4 is 11.8 Å². The van der Waals surface area contributed by atoms with E-state index in [9.17, 15) is 9.59 Å². The molecule has 0 unspecified atom stereocenters. The number of carbonyl (C=O) groups is 2. The molecule has 0 bridgehead atoms. The van der Waals surface area contributed by atoms with Gasteiger partial charge in [-0.2, -0.15) is 0 Å². The molecule has 0 aliphatic carbocycles. The zero-order valence-corrected chi connectivity index (χ0v) is 13.3. The van der Waals surface area contributed by atoms with Crippen LogP contribution in [-0.2, 0) is 16.0 Å². The van der Waals surface area contributed by atoms with Gasteiger partial charge in [-0.05, 0) is 31.0 Å². The van der Waals surface area contributed by atoms with Crippen LogP contribution in [0.5, 0.6) is 11.5 Å². The number of hydrogen-bond acceptors (Lipinski definition) is 4. The SMILES string of the molecule is CCCCCCOc1ccc(CC(=O)C(=O)O)cc1OCC. The molecule has 1 aromatic carbocycles. The summed E-state index contributed by atoms with van der Waals surface area (Å²) in [6.45, 7) is 5.11. The van der Waals surface area contributed by atoms with Crippen LogP contribution in [0.3, 0.4) is 0 Å². The molecule has 0 heterocycles. The summed E-state index contributed by atoms with van der Waals surface area (Å²) in [4.78, 5) is 21.9. The Labute approximate surface area is 131 Å². The first kappa shape index (κ1) is 18.0. The van der Waals surface area contributed by atoms with E-state index in [2.05, 4.69) is 6.92 Å². The van der Waals surface area contributed by atoms with Crippen molar-refractivity contribution in [3.63, 3.8) is 0 Å². The van der Waals surface area contributed by atoms with Crippen molar-refractivity contribution in [2.24, 2.45) is 0 Å². The Morgan fingerprint density at radius 3 is 2.45 bits per heavy atom. The molecule has 0 aromatic heterocycles. The number of benzene rings is 1. The van der Waals surface area contributed by atoms with E-state index >= 15 is 0 Å². The van der Waals surface area contributed by atoms with E-state index < -0.39 is 11.8 Å². The number of ether oxygens (including phenoxy) is 2. The highest BCUT2D eigenvalue weighted by atomic mass is 16.5. The van der Waals surface area contributed by atoms with Gasteiger partial charge in [-0.1, -0.05) is 32.3 Å². The van der Waals surface area contributed by atoms with Crippen LogP contribution in [0.4, 0.5) is 0 Å². The van der Waals surface area contributed by atoms with E-state index in [0.29, 0.717) is 30.3 Å². The molecule has 0 spiro atoms. The highest BCUT2D eigenvalue weighted by Gasteiger charge is 2.14. The third-order valence-corrected chi connectivity index (χ3v) is 3.17. The van der Waals surface area contributed by atoms with Crippen molar-refractivity contribution in [1.29, 1.82) is 0 Å². The third-order valence-electron chi connectivity index (χ3n) is 3.17. The Hall–Kier alpha value is -2.04. The molecule has 0 fully saturated rings. The zero-order valence-electron chi connectivity index (χ0n) is 13.3. The first-order valence-electron chi connectivity index (χ1n) is 7.73. The number of rotatable bonds is 11. The Balaban J connectivity index is 2.68. The van der Waals surface area contributed by atoms with E-state index in [-0.39, 0.29) is 6.42 Å². The molecule has 0 saturated carbocycles. The molecule has 5 heteroatoms. The summed E-state index contributed by atoms with van der Waals surface area (Å²) in [5, 5.41) is 8.65. The second-order valence-electron chi connectivity index (χ2n) is 5.03. The lowest BCUT2D eigenvalue weighted by atomic mass is 10.1. The number of ketones is 1. The molecule has 22 heavy (non-hydrogen) atoms. The van der Waals surface area contributed by atoms with Crippen LogP contribution < -0.4 is 9.47 Å². The highest BCUT2D eigenvalue weighted by Crippen LogP contribution is 2.29. The van der Waals surface area contributed by atoms with Gasteiger partial charge in [0.1, 0.15) is 0 Å². The van der Waals surface area contributed by atoms with Crippen LogP contribution >= 0.6 is 0 Å². The fourth-order valence-corrected chi connectivity index (χ4v) is 2.02. The minimum absolute atomic E-state index is 0.147. The summed E-state index contributed by atoms with van der Waals surface area (Å²) in [5.41, 5.74) is 0.606. The summed E-state index contributed by atoms with van der Waals surface area (Å²) in [6, 6.07) is 5.10. The predicted molar refractivity (Wildman–Crippen MR) is 83.6 cm³/mol. The van der Waals surface area contributed by atoms with E-state index in [0.717, 1.165) is 12.8 Å². The standard InChI is InChI=1S/C17H24O5/c1-3-5-6-7-10-22-15-9-8-13(11-14(18)17(19)20)12-16(15)21-4-2/h8-9,12H,3-7,10-11H2,1-2H3,(H,19,20). The quantitative estimate of drug-likeness (QED) is 0.502. The van der Waals surface area contributed by atoms with Crippen molar-refractivity contribution < 1.29 is 24.2 Å². The highest BCUT2D eigenvalue weighted by molar-refractivity contribution is 6.33. The van der Waals surface area contributed by atoms with Gasteiger partial charge in [-0.15, -0.1) is 0 Å². The monoisotopic (exact) mass is 308 g/mol. The van der Waals surface area contributed by atoms with Crippen LogP contribution in [0.2, 0.25) is 0 Å². The largest absolute Gasteiger partial charge is 0.490 e. The molecule has 0 aliphatic heterocycles. The van der Waals surface area contributed by atoms with Gasteiger partial charge in [0.05, 0.1) is 13.2 Å². The van der Waals surface area contributed by atoms with Crippen LogP contribution in [0.1, 0.15) is 45.1 Å². The lowest BCUT2D eigenvalue weighted by Gasteiger charge is -2.13. The topological polar surface area (TPSA) is 72.8 Å². The number of carboxylic acid groups (broad SMARTS) is 1. The van der Waals surface area contributed by atoms with Crippen LogP contribution in [0, 0.1) is 0 Å². The normalized spacial score (nSPS) is 10.3. The van der Waals surface area contributed by atoms with E-state index in [1.807, 2.05) is 6.92 Å². The second kappa shape index (κ2) is 9.82. The number of unbranched alkanes of at least 4 members (excludes halogenated alkanes) is 3. The fourth-order valence-electron chi connectivity index (χ4n) is 2.02. The molecular weight excluding hydrogens is 284 g/mol. The molecule has 1 rings (SSSR count). The van der Waals surface area contributed by atoms with Crippen molar-refractivity contribution in [1.82, 2.24) is 0 Å². The van der Waals surface area contributed by atoms with Gasteiger partial charge in [0, 0.05) is 6.42 Å². The molecule has 0 radical (unpaired) electrons. The number of carboxylic acids is 1. The van der Waals surface area contributed by atoms with Gasteiger partial charge in [-0.25, -0.2) is 4.79 Å². The molecule has 0 saturated heterocycles. The maximum Gasteiger partial charge on any atom is 0.372 e. The van der Waals surface area contributed by atoms with Crippen molar-refractivity contribution in [2.75, 3.05) is 13.2 Å². The van der Waals surface area contributed by atoms with Crippen LogP contribution in [0.25, 0.3) is 0 Å². The van der Waals surface area contributed by atoms with Gasteiger partial charge in [0.25, 0.3) is 0 Å². The zero-order chi connectivity index (χ0) is 16.4. The number of carbonyl (C=O) groups excluding carboxylic acids is 1. The molecule has 1 aromatic rings. The Morgan fingerprint density at radius 1 is 1.05 bits per heavy atom. The van der Waals surface area contributed by atoms with Crippen molar-refractivity contribution in [3.8, 4) is 11.5 Å². The van der Waals surface area contributed by atoms with E-state index in [4.69, 9.17) is 14.6 Å². The molecule has 0 aliphatic rings. The summed E-state index contributed by atoms with van der Waals surface area (Å²) < 4.78 is 11.2. The summed E-state index contributed by atoms with van der Waals surface area (Å²) in [6.07, 6.45) is 4.34. The Kier molecular flexibility index (Phi) is 8.04. The van der Waals surface area contributed by atoms with Crippen LogP contribution in [0.15, 0.2) is 18.2 Å². The molecule has 0 amide bonds. The summed E-state index contributed by atoms with van der Waals surface area (Å²) in [7, 11) is 0. The molecular formula is C17H24O5. The lowest BCUT2D eigenvalue weighted by molar-refractivity contribution is -0.148. The minimum atomic E-state index is -1.42. The van der Waals surface area contributed by atoms with E-state index in [1.165, 1.54) is 12.8 Å².